The maximum absolute atomic E-state index is 13.0. The molecule has 16 heteroatoms. The highest BCUT2D eigenvalue weighted by atomic mass is 16.6. The maximum Gasteiger partial charge on any atom is 0.410 e. The summed E-state index contributed by atoms with van der Waals surface area (Å²) in [6.07, 6.45) is 41.5. The standard InChI is InChI=1S/C61H113N3O13/c1-10-12-14-16-18-20-22-24-26-28-30-32-34-36-38-40-45-71-52-54(72-46-41-39-37-35-33-31-29-27-25-23-21-19-17-15-13-11-2)53-75-57(67)62-42-47-73-55(65)50-64(59(69)77-61(6,7)8)44-49-74-56(66)51-63(43-48-70-9)58(68)76-60(3,4)5/h24-27,54H,10-23,28-53H2,1-9H3,(H,62,67)/b26-24-,27-25-. The number of hydrogen-bond donors (Lipinski definition) is 1. The molecule has 0 saturated carbocycles. The van der Waals surface area contributed by atoms with Gasteiger partial charge in [-0.15, -0.1) is 0 Å². The predicted molar refractivity (Wildman–Crippen MR) is 308 cm³/mol. The fourth-order valence-corrected chi connectivity index (χ4v) is 7.94. The Kier molecular flexibility index (Phi) is 47.8. The highest BCUT2D eigenvalue weighted by Crippen LogP contribution is 2.15. The summed E-state index contributed by atoms with van der Waals surface area (Å²) in [6, 6.07) is 0. The fourth-order valence-electron chi connectivity index (χ4n) is 7.94. The van der Waals surface area contributed by atoms with Crippen LogP contribution in [0.15, 0.2) is 24.3 Å². The maximum atomic E-state index is 13.0. The highest BCUT2D eigenvalue weighted by Gasteiger charge is 2.27. The fraction of sp³-hybridized carbons (Fsp3) is 0.852. The minimum absolute atomic E-state index is 0.00696. The van der Waals surface area contributed by atoms with Crippen molar-refractivity contribution in [3.63, 3.8) is 0 Å². The molecule has 1 atom stereocenters. The lowest BCUT2D eigenvalue weighted by Gasteiger charge is -2.27. The number of nitrogens with one attached hydrogen (secondary N) is 1. The van der Waals surface area contributed by atoms with E-state index in [1.54, 1.807) is 41.5 Å². The van der Waals surface area contributed by atoms with Gasteiger partial charge in [0.1, 0.15) is 50.2 Å². The molecule has 450 valence electrons. The van der Waals surface area contributed by atoms with E-state index >= 15 is 0 Å². The van der Waals surface area contributed by atoms with Gasteiger partial charge in [0, 0.05) is 26.9 Å². The third-order valence-corrected chi connectivity index (χ3v) is 12.3. The monoisotopic (exact) mass is 1100 g/mol. The van der Waals surface area contributed by atoms with Crippen LogP contribution in [0.1, 0.15) is 235 Å². The number of nitrogens with zero attached hydrogens (tertiary/aromatic N) is 2. The first-order chi connectivity index (χ1) is 37.0. The molecular formula is C61H113N3O13. The Morgan fingerprint density at radius 3 is 1.27 bits per heavy atom. The molecule has 1 N–H and O–H groups in total. The summed E-state index contributed by atoms with van der Waals surface area (Å²) in [5, 5.41) is 2.60. The summed E-state index contributed by atoms with van der Waals surface area (Å²) in [7, 11) is 1.47. The Labute approximate surface area is 468 Å². The Morgan fingerprint density at radius 1 is 0.455 bits per heavy atom. The Hall–Kier alpha value is -3.89. The van der Waals surface area contributed by atoms with Gasteiger partial charge in [-0.2, -0.15) is 0 Å². The van der Waals surface area contributed by atoms with E-state index in [1.807, 2.05) is 0 Å². The molecule has 3 amide bonds. The van der Waals surface area contributed by atoms with E-state index in [4.69, 9.17) is 37.9 Å². The second-order valence-corrected chi connectivity index (χ2v) is 22.2. The average molecular weight is 1100 g/mol. The van der Waals surface area contributed by atoms with Gasteiger partial charge in [0.25, 0.3) is 0 Å². The summed E-state index contributed by atoms with van der Waals surface area (Å²) < 4.78 is 44.3. The van der Waals surface area contributed by atoms with Gasteiger partial charge < -0.3 is 43.2 Å². The summed E-state index contributed by atoms with van der Waals surface area (Å²) >= 11 is 0. The number of alkyl carbamates (subject to hydrolysis) is 1. The number of amides is 3. The molecule has 0 fully saturated rings. The van der Waals surface area contributed by atoms with Crippen LogP contribution in [0.2, 0.25) is 0 Å². The predicted octanol–water partition coefficient (Wildman–Crippen LogP) is 14.4. The topological polar surface area (TPSA) is 178 Å². The first-order valence-electron chi connectivity index (χ1n) is 30.2. The number of rotatable bonds is 50. The van der Waals surface area contributed by atoms with Crippen molar-refractivity contribution in [3.8, 4) is 0 Å². The number of hydrogen-bond acceptors (Lipinski definition) is 13. The van der Waals surface area contributed by atoms with E-state index in [-0.39, 0.29) is 46.1 Å². The lowest BCUT2D eigenvalue weighted by Crippen LogP contribution is -2.44. The first-order valence-corrected chi connectivity index (χ1v) is 30.2. The smallest absolute Gasteiger partial charge is 0.410 e. The summed E-state index contributed by atoms with van der Waals surface area (Å²) in [5.41, 5.74) is -1.66. The molecule has 0 aromatic rings. The van der Waals surface area contributed by atoms with Crippen molar-refractivity contribution in [1.29, 1.82) is 0 Å². The number of carbonyl (C=O) groups excluding carboxylic acids is 5. The summed E-state index contributed by atoms with van der Waals surface area (Å²) in [6.45, 7) is 14.8. The molecule has 0 spiro atoms. The molecule has 16 nitrogen and oxygen atoms in total. The van der Waals surface area contributed by atoms with Gasteiger partial charge in [-0.1, -0.05) is 154 Å². The molecule has 0 radical (unpaired) electrons. The van der Waals surface area contributed by atoms with Gasteiger partial charge in [0.2, 0.25) is 0 Å². The van der Waals surface area contributed by atoms with Crippen molar-refractivity contribution in [3.05, 3.63) is 24.3 Å². The van der Waals surface area contributed by atoms with E-state index in [9.17, 15) is 24.0 Å². The quantitative estimate of drug-likeness (QED) is 0.0264. The zero-order valence-electron chi connectivity index (χ0n) is 50.4. The number of esters is 2. The van der Waals surface area contributed by atoms with Gasteiger partial charge in [-0.25, -0.2) is 14.4 Å². The van der Waals surface area contributed by atoms with Crippen molar-refractivity contribution in [2.45, 2.75) is 252 Å². The van der Waals surface area contributed by atoms with Gasteiger partial charge in [-0.05, 0) is 106 Å². The molecule has 0 saturated heterocycles. The van der Waals surface area contributed by atoms with Crippen LogP contribution in [-0.4, -0.2) is 143 Å². The van der Waals surface area contributed by atoms with Crippen molar-refractivity contribution < 1.29 is 61.9 Å². The highest BCUT2D eigenvalue weighted by molar-refractivity contribution is 5.79. The molecule has 0 aromatic heterocycles. The number of unbranched alkanes of at least 4 members (excludes halogenated alkanes) is 24. The first kappa shape index (κ1) is 73.1. The van der Waals surface area contributed by atoms with Crippen LogP contribution < -0.4 is 5.32 Å². The van der Waals surface area contributed by atoms with Crippen LogP contribution in [-0.2, 0) is 47.5 Å². The molecule has 0 rings (SSSR count). The minimum Gasteiger partial charge on any atom is -0.462 e. The van der Waals surface area contributed by atoms with Crippen molar-refractivity contribution >= 4 is 30.2 Å². The van der Waals surface area contributed by atoms with Crippen LogP contribution in [0.25, 0.3) is 0 Å². The largest absolute Gasteiger partial charge is 0.462 e. The second kappa shape index (κ2) is 50.3. The van der Waals surface area contributed by atoms with Gasteiger partial charge in [0.05, 0.1) is 26.3 Å². The number of ether oxygens (including phenoxy) is 8. The normalized spacial score (nSPS) is 12.2. The van der Waals surface area contributed by atoms with E-state index in [1.165, 1.54) is 148 Å². The van der Waals surface area contributed by atoms with E-state index in [0.717, 1.165) is 48.3 Å². The molecule has 0 aliphatic rings. The summed E-state index contributed by atoms with van der Waals surface area (Å²) in [5.74, 6) is -1.52. The molecule has 0 aliphatic heterocycles. The molecule has 0 bridgehead atoms. The molecule has 0 aromatic carbocycles. The Morgan fingerprint density at radius 2 is 0.844 bits per heavy atom. The number of carbonyl (C=O) groups is 5. The van der Waals surface area contributed by atoms with E-state index in [2.05, 4.69) is 43.5 Å². The van der Waals surface area contributed by atoms with E-state index in [0.29, 0.717) is 19.8 Å². The minimum atomic E-state index is -0.876. The average Bonchev–Trinajstić information content (AvgIpc) is 3.36. The van der Waals surface area contributed by atoms with Gasteiger partial charge >= 0.3 is 30.2 Å². The zero-order chi connectivity index (χ0) is 57.1. The number of allylic oxidation sites excluding steroid dienone is 4. The van der Waals surface area contributed by atoms with Crippen LogP contribution >= 0.6 is 0 Å². The molecule has 0 heterocycles. The van der Waals surface area contributed by atoms with Crippen LogP contribution in [0.4, 0.5) is 14.4 Å². The van der Waals surface area contributed by atoms with Crippen molar-refractivity contribution in [2.24, 2.45) is 0 Å². The van der Waals surface area contributed by atoms with Crippen LogP contribution in [0, 0.1) is 0 Å². The lowest BCUT2D eigenvalue weighted by molar-refractivity contribution is -0.146. The van der Waals surface area contributed by atoms with Crippen LogP contribution in [0.3, 0.4) is 0 Å². The number of methoxy groups -OCH3 is 1. The Balaban J connectivity index is 4.92. The zero-order valence-corrected chi connectivity index (χ0v) is 50.4. The third-order valence-electron chi connectivity index (χ3n) is 12.3. The molecule has 0 aliphatic carbocycles. The van der Waals surface area contributed by atoms with Gasteiger partial charge in [0.15, 0.2) is 0 Å². The van der Waals surface area contributed by atoms with Crippen molar-refractivity contribution in [1.82, 2.24) is 15.1 Å². The Bertz CT molecular complexity index is 1510. The molecular weight excluding hydrogens is 983 g/mol. The third kappa shape index (κ3) is 51.3. The SMILES string of the molecule is CCCCCCCC/C=C\CCCCCCCCOCC(COC(=O)NCCOC(=O)CN(CCOC(=O)CN(CCOC)C(=O)OC(C)(C)C)C(=O)OC(C)(C)C)OCCCCCCCC/C=C\CCCCCCCC. The molecule has 77 heavy (non-hydrogen) atoms. The van der Waals surface area contributed by atoms with Crippen molar-refractivity contribution in [2.75, 3.05) is 86.1 Å². The van der Waals surface area contributed by atoms with E-state index < -0.39 is 60.6 Å². The van der Waals surface area contributed by atoms with Crippen LogP contribution in [0.5, 0.6) is 0 Å². The molecule has 1 unspecified atom stereocenters. The second-order valence-electron chi connectivity index (χ2n) is 22.2. The summed E-state index contributed by atoms with van der Waals surface area (Å²) in [4.78, 5) is 66.3. The van der Waals surface area contributed by atoms with Gasteiger partial charge in [-0.3, -0.25) is 19.4 Å². The lowest BCUT2D eigenvalue weighted by atomic mass is 10.1.